The van der Waals surface area contributed by atoms with Crippen LogP contribution in [0.25, 0.3) is 0 Å². The van der Waals surface area contributed by atoms with Crippen LogP contribution in [0.3, 0.4) is 0 Å². The lowest BCUT2D eigenvalue weighted by Gasteiger charge is -2.09. The Balaban J connectivity index is 1.74. The van der Waals surface area contributed by atoms with Gasteiger partial charge in [-0.05, 0) is 43.2 Å². The molecule has 8 heteroatoms. The van der Waals surface area contributed by atoms with Gasteiger partial charge in [0, 0.05) is 29.6 Å². The first-order chi connectivity index (χ1) is 12.3. The van der Waals surface area contributed by atoms with Crippen molar-refractivity contribution in [2.75, 3.05) is 13.1 Å². The zero-order valence-corrected chi connectivity index (χ0v) is 16.6. The number of halogens is 2. The number of hydrogen-bond acceptors (Lipinski definition) is 3. The minimum absolute atomic E-state index is 0.0315. The van der Waals surface area contributed by atoms with Crippen LogP contribution in [0.4, 0.5) is 0 Å². The summed E-state index contributed by atoms with van der Waals surface area (Å²) >= 11 is 11.9. The van der Waals surface area contributed by atoms with Gasteiger partial charge in [-0.15, -0.1) is 0 Å². The van der Waals surface area contributed by atoms with Crippen LogP contribution in [-0.2, 0) is 21.2 Å². The van der Waals surface area contributed by atoms with Crippen molar-refractivity contribution in [1.82, 2.24) is 10.0 Å². The molecule has 140 valence electrons. The SMILES string of the molecule is Cc1ccc(S(=O)(=O)NCCC(=O)NCCc2ccc(Cl)cc2Cl)cc1. The Morgan fingerprint density at radius 3 is 2.38 bits per heavy atom. The van der Waals surface area contributed by atoms with Crippen molar-refractivity contribution in [3.05, 3.63) is 63.6 Å². The smallest absolute Gasteiger partial charge is 0.240 e. The second-order valence-corrected chi connectivity index (χ2v) is 8.41. The minimum Gasteiger partial charge on any atom is -0.356 e. The highest BCUT2D eigenvalue weighted by atomic mass is 35.5. The number of carbonyl (C=O) groups is 1. The average molecular weight is 415 g/mol. The highest BCUT2D eigenvalue weighted by Gasteiger charge is 2.13. The second-order valence-electron chi connectivity index (χ2n) is 5.80. The number of hydrogen-bond donors (Lipinski definition) is 2. The zero-order valence-electron chi connectivity index (χ0n) is 14.3. The number of benzene rings is 2. The van der Waals surface area contributed by atoms with Gasteiger partial charge in [0.1, 0.15) is 0 Å². The van der Waals surface area contributed by atoms with E-state index in [2.05, 4.69) is 10.0 Å². The highest BCUT2D eigenvalue weighted by Crippen LogP contribution is 2.21. The molecule has 0 atom stereocenters. The summed E-state index contributed by atoms with van der Waals surface area (Å²) in [4.78, 5) is 12.0. The van der Waals surface area contributed by atoms with Gasteiger partial charge in [0.25, 0.3) is 0 Å². The van der Waals surface area contributed by atoms with Crippen molar-refractivity contribution in [3.63, 3.8) is 0 Å². The van der Waals surface area contributed by atoms with E-state index in [9.17, 15) is 13.2 Å². The van der Waals surface area contributed by atoms with E-state index in [0.29, 0.717) is 23.0 Å². The Morgan fingerprint density at radius 2 is 1.73 bits per heavy atom. The van der Waals surface area contributed by atoms with Gasteiger partial charge in [0.15, 0.2) is 0 Å². The number of nitrogens with one attached hydrogen (secondary N) is 2. The van der Waals surface area contributed by atoms with Gasteiger partial charge >= 0.3 is 0 Å². The lowest BCUT2D eigenvalue weighted by Crippen LogP contribution is -2.31. The average Bonchev–Trinajstić information content (AvgIpc) is 2.57. The number of aryl methyl sites for hydroxylation is 1. The van der Waals surface area contributed by atoms with E-state index in [1.54, 1.807) is 24.3 Å². The molecule has 0 aliphatic rings. The van der Waals surface area contributed by atoms with Crippen LogP contribution >= 0.6 is 23.2 Å². The fourth-order valence-electron chi connectivity index (χ4n) is 2.25. The summed E-state index contributed by atoms with van der Waals surface area (Å²) in [6.07, 6.45) is 0.621. The number of rotatable bonds is 8. The first-order valence-corrected chi connectivity index (χ1v) is 10.3. The maximum absolute atomic E-state index is 12.1. The third-order valence-electron chi connectivity index (χ3n) is 3.71. The van der Waals surface area contributed by atoms with Crippen LogP contribution in [0.15, 0.2) is 47.4 Å². The van der Waals surface area contributed by atoms with Crippen LogP contribution in [-0.4, -0.2) is 27.4 Å². The van der Waals surface area contributed by atoms with Gasteiger partial charge in [0.05, 0.1) is 4.90 Å². The molecule has 0 heterocycles. The Labute approximate surface area is 163 Å². The molecule has 5 nitrogen and oxygen atoms in total. The molecular formula is C18H20Cl2N2O3S. The first-order valence-electron chi connectivity index (χ1n) is 8.05. The molecule has 0 aliphatic heterocycles. The van der Waals surface area contributed by atoms with Crippen molar-refractivity contribution in [3.8, 4) is 0 Å². The summed E-state index contributed by atoms with van der Waals surface area (Å²) in [5, 5.41) is 3.85. The standard InChI is InChI=1S/C18H20Cl2N2O3S/c1-13-2-6-16(7-3-13)26(24,25)22-11-9-18(23)21-10-8-14-4-5-15(19)12-17(14)20/h2-7,12,22H,8-11H2,1H3,(H,21,23). The number of sulfonamides is 1. The molecule has 1 amide bonds. The molecular weight excluding hydrogens is 395 g/mol. The Hall–Kier alpha value is -1.60. The molecule has 0 aromatic heterocycles. The fraction of sp³-hybridized carbons (Fsp3) is 0.278. The van der Waals surface area contributed by atoms with E-state index >= 15 is 0 Å². The van der Waals surface area contributed by atoms with E-state index in [4.69, 9.17) is 23.2 Å². The summed E-state index contributed by atoms with van der Waals surface area (Å²) in [7, 11) is -3.61. The molecule has 0 fully saturated rings. The molecule has 26 heavy (non-hydrogen) atoms. The molecule has 0 saturated carbocycles. The van der Waals surface area contributed by atoms with Crippen molar-refractivity contribution in [2.24, 2.45) is 0 Å². The van der Waals surface area contributed by atoms with Crippen LogP contribution in [0.2, 0.25) is 10.0 Å². The topological polar surface area (TPSA) is 75.3 Å². The molecule has 0 unspecified atom stereocenters. The van der Waals surface area contributed by atoms with E-state index in [0.717, 1.165) is 11.1 Å². The van der Waals surface area contributed by atoms with Crippen LogP contribution in [0.1, 0.15) is 17.5 Å². The summed E-state index contributed by atoms with van der Waals surface area (Å²) < 4.78 is 26.7. The van der Waals surface area contributed by atoms with Crippen molar-refractivity contribution < 1.29 is 13.2 Å². The summed E-state index contributed by atoms with van der Waals surface area (Å²) in [5.74, 6) is -0.235. The van der Waals surface area contributed by atoms with Gasteiger partial charge in [0.2, 0.25) is 15.9 Å². The van der Waals surface area contributed by atoms with E-state index in [-0.39, 0.29) is 23.8 Å². The Morgan fingerprint density at radius 1 is 1.04 bits per heavy atom. The van der Waals surface area contributed by atoms with Crippen LogP contribution in [0, 0.1) is 6.92 Å². The van der Waals surface area contributed by atoms with Crippen molar-refractivity contribution in [1.29, 1.82) is 0 Å². The lowest BCUT2D eigenvalue weighted by atomic mass is 10.1. The van der Waals surface area contributed by atoms with Crippen molar-refractivity contribution in [2.45, 2.75) is 24.7 Å². The van der Waals surface area contributed by atoms with E-state index < -0.39 is 10.0 Å². The zero-order chi connectivity index (χ0) is 19.2. The molecule has 2 N–H and O–H groups in total. The number of amides is 1. The Bertz CT molecular complexity index is 869. The maximum Gasteiger partial charge on any atom is 0.240 e. The number of carbonyl (C=O) groups excluding carboxylic acids is 1. The first kappa shape index (κ1) is 20.7. The van der Waals surface area contributed by atoms with Gasteiger partial charge in [-0.1, -0.05) is 47.0 Å². The molecule has 0 spiro atoms. The molecule has 2 rings (SSSR count). The minimum atomic E-state index is -3.61. The van der Waals surface area contributed by atoms with Crippen LogP contribution in [0.5, 0.6) is 0 Å². The largest absolute Gasteiger partial charge is 0.356 e. The molecule has 0 bridgehead atoms. The fourth-order valence-corrected chi connectivity index (χ4v) is 3.78. The summed E-state index contributed by atoms with van der Waals surface area (Å²) in [6.45, 7) is 2.32. The Kier molecular flexibility index (Phi) is 7.46. The van der Waals surface area contributed by atoms with Gasteiger partial charge in [-0.3, -0.25) is 4.79 Å². The molecule has 0 aliphatic carbocycles. The third-order valence-corrected chi connectivity index (χ3v) is 5.77. The van der Waals surface area contributed by atoms with Gasteiger partial charge in [-0.25, -0.2) is 13.1 Å². The normalized spacial score (nSPS) is 11.3. The third kappa shape index (κ3) is 6.29. The quantitative estimate of drug-likeness (QED) is 0.695. The maximum atomic E-state index is 12.1. The molecule has 0 saturated heterocycles. The molecule has 0 radical (unpaired) electrons. The summed E-state index contributed by atoms with van der Waals surface area (Å²) in [6, 6.07) is 11.7. The van der Waals surface area contributed by atoms with E-state index in [1.807, 2.05) is 13.0 Å². The monoisotopic (exact) mass is 414 g/mol. The highest BCUT2D eigenvalue weighted by molar-refractivity contribution is 7.89. The lowest BCUT2D eigenvalue weighted by molar-refractivity contribution is -0.120. The molecule has 2 aromatic rings. The van der Waals surface area contributed by atoms with Crippen LogP contribution < -0.4 is 10.0 Å². The summed E-state index contributed by atoms with van der Waals surface area (Å²) in [5.41, 5.74) is 1.86. The van der Waals surface area contributed by atoms with Crippen molar-refractivity contribution >= 4 is 39.1 Å². The van der Waals surface area contributed by atoms with E-state index in [1.165, 1.54) is 12.1 Å². The van der Waals surface area contributed by atoms with Gasteiger partial charge < -0.3 is 5.32 Å². The molecule has 2 aromatic carbocycles. The predicted molar refractivity (Wildman–Crippen MR) is 104 cm³/mol. The van der Waals surface area contributed by atoms with Gasteiger partial charge in [-0.2, -0.15) is 0 Å². The predicted octanol–water partition coefficient (Wildman–Crippen LogP) is 3.33. The second kappa shape index (κ2) is 9.37.